The molecule has 0 bridgehead atoms. The zero-order valence-electron chi connectivity index (χ0n) is 10.8. The molecule has 0 saturated carbocycles. The summed E-state index contributed by atoms with van der Waals surface area (Å²) in [6, 6.07) is 0. The monoisotopic (exact) mass is 273 g/mol. The van der Waals surface area contributed by atoms with E-state index in [0.29, 0.717) is 16.6 Å². The van der Waals surface area contributed by atoms with Crippen LogP contribution in [0.3, 0.4) is 0 Å². The molecule has 0 amide bonds. The highest BCUT2D eigenvalue weighted by atomic mass is 32.1. The number of nitrogen functional groups attached to an aromatic ring is 1. The lowest BCUT2D eigenvalue weighted by Gasteiger charge is -2.22. The van der Waals surface area contributed by atoms with Crippen LogP contribution in [0.1, 0.15) is 29.9 Å². The Labute approximate surface area is 110 Å². The topological polar surface area (TPSA) is 88.7 Å². The van der Waals surface area contributed by atoms with E-state index in [9.17, 15) is 9.90 Å². The van der Waals surface area contributed by atoms with Crippen molar-refractivity contribution in [3.05, 3.63) is 4.88 Å². The molecule has 0 aliphatic rings. The van der Waals surface area contributed by atoms with Crippen molar-refractivity contribution in [2.45, 2.75) is 26.4 Å². The highest BCUT2D eigenvalue weighted by molar-refractivity contribution is 7.18. The lowest BCUT2D eigenvalue weighted by atomic mass is 10.3. The number of nitrogens with zero attached hydrogens (tertiary/aromatic N) is 2. The molecule has 18 heavy (non-hydrogen) atoms. The average molecular weight is 273 g/mol. The van der Waals surface area contributed by atoms with Crippen LogP contribution < -0.4 is 10.6 Å². The number of esters is 1. The van der Waals surface area contributed by atoms with Crippen LogP contribution in [-0.2, 0) is 4.74 Å². The molecular formula is C11H19N3O3S. The van der Waals surface area contributed by atoms with E-state index in [0.717, 1.165) is 13.0 Å². The molecule has 0 aliphatic carbocycles. The number of aliphatic hydroxyl groups is 1. The minimum absolute atomic E-state index is 0.175. The molecule has 3 N–H and O–H groups in total. The van der Waals surface area contributed by atoms with E-state index in [1.807, 2.05) is 11.8 Å². The number of nitrogens with two attached hydrogens (primary N) is 1. The highest BCUT2D eigenvalue weighted by Gasteiger charge is 2.20. The van der Waals surface area contributed by atoms with Gasteiger partial charge in [0.1, 0.15) is 0 Å². The quantitative estimate of drug-likeness (QED) is 0.755. The van der Waals surface area contributed by atoms with Gasteiger partial charge in [-0.3, -0.25) is 0 Å². The molecule has 7 heteroatoms. The molecule has 6 nitrogen and oxygen atoms in total. The summed E-state index contributed by atoms with van der Waals surface area (Å²) < 4.78 is 4.63. The number of aromatic nitrogens is 1. The second-order valence-corrected chi connectivity index (χ2v) is 4.97. The molecule has 1 atom stereocenters. The molecule has 1 aromatic rings. The van der Waals surface area contributed by atoms with Gasteiger partial charge in [0, 0.05) is 13.1 Å². The Balaban J connectivity index is 2.95. The summed E-state index contributed by atoms with van der Waals surface area (Å²) >= 11 is 1.19. The number of ether oxygens (including phenoxy) is 1. The predicted octanol–water partition coefficient (Wildman–Crippen LogP) is 1.11. The second kappa shape index (κ2) is 6.55. The number of thiazole rings is 1. The van der Waals surface area contributed by atoms with Crippen molar-refractivity contribution in [2.75, 3.05) is 30.8 Å². The molecular weight excluding hydrogens is 254 g/mol. The summed E-state index contributed by atoms with van der Waals surface area (Å²) in [4.78, 5) is 17.8. The standard InChI is InChI=1S/C11H19N3O3S/c1-4-5-14(6-7(2)15)11-13-9(12)8(18-11)10(16)17-3/h7,15H,4-6,12H2,1-3H3. The van der Waals surface area contributed by atoms with Crippen molar-refractivity contribution in [2.24, 2.45) is 0 Å². The minimum Gasteiger partial charge on any atom is -0.465 e. The van der Waals surface area contributed by atoms with Gasteiger partial charge in [-0.25, -0.2) is 9.78 Å². The Kier molecular flexibility index (Phi) is 5.36. The molecule has 0 spiro atoms. The Morgan fingerprint density at radius 3 is 2.83 bits per heavy atom. The molecule has 0 aliphatic heterocycles. The van der Waals surface area contributed by atoms with Crippen LogP contribution in [0.25, 0.3) is 0 Å². The largest absolute Gasteiger partial charge is 0.465 e. The average Bonchev–Trinajstić information content (AvgIpc) is 2.69. The first-order valence-corrected chi connectivity index (χ1v) is 6.58. The van der Waals surface area contributed by atoms with Crippen LogP contribution in [0.15, 0.2) is 0 Å². The lowest BCUT2D eigenvalue weighted by Crippen LogP contribution is -2.31. The fourth-order valence-electron chi connectivity index (χ4n) is 1.55. The molecule has 102 valence electrons. The third-order valence-corrected chi connectivity index (χ3v) is 3.37. The number of rotatable bonds is 6. The Bertz CT molecular complexity index is 406. The predicted molar refractivity (Wildman–Crippen MR) is 72.1 cm³/mol. The first-order valence-electron chi connectivity index (χ1n) is 5.77. The van der Waals surface area contributed by atoms with Crippen molar-refractivity contribution in [1.29, 1.82) is 0 Å². The number of carbonyl (C=O) groups excluding carboxylic acids is 1. The molecule has 1 rings (SSSR count). The van der Waals surface area contributed by atoms with Crippen LogP contribution in [0.4, 0.5) is 10.9 Å². The van der Waals surface area contributed by atoms with E-state index in [1.165, 1.54) is 18.4 Å². The zero-order valence-corrected chi connectivity index (χ0v) is 11.7. The normalized spacial score (nSPS) is 12.2. The first kappa shape index (κ1) is 14.7. The first-order chi connectivity index (χ1) is 8.49. The molecule has 1 aromatic heterocycles. The summed E-state index contributed by atoms with van der Waals surface area (Å²) in [5, 5.41) is 10.1. The number of carbonyl (C=O) groups is 1. The van der Waals surface area contributed by atoms with Crippen LogP contribution in [0.5, 0.6) is 0 Å². The van der Waals surface area contributed by atoms with Crippen LogP contribution in [0.2, 0.25) is 0 Å². The van der Waals surface area contributed by atoms with E-state index < -0.39 is 12.1 Å². The number of aliphatic hydroxyl groups excluding tert-OH is 1. The number of methoxy groups -OCH3 is 1. The van der Waals surface area contributed by atoms with Gasteiger partial charge < -0.3 is 20.5 Å². The minimum atomic E-state index is -0.482. The van der Waals surface area contributed by atoms with E-state index in [2.05, 4.69) is 9.72 Å². The van der Waals surface area contributed by atoms with E-state index in [-0.39, 0.29) is 5.82 Å². The molecule has 1 unspecified atom stereocenters. The van der Waals surface area contributed by atoms with Gasteiger partial charge in [0.15, 0.2) is 15.8 Å². The van der Waals surface area contributed by atoms with E-state index in [1.54, 1.807) is 6.92 Å². The fraction of sp³-hybridized carbons (Fsp3) is 0.636. The van der Waals surface area contributed by atoms with Gasteiger partial charge in [-0.15, -0.1) is 0 Å². The summed E-state index contributed by atoms with van der Waals surface area (Å²) in [5.74, 6) is -0.307. The van der Waals surface area contributed by atoms with E-state index in [4.69, 9.17) is 5.73 Å². The number of hydrogen-bond acceptors (Lipinski definition) is 7. The van der Waals surface area contributed by atoms with Gasteiger partial charge in [-0.05, 0) is 13.3 Å². The summed E-state index contributed by atoms with van der Waals surface area (Å²) in [6.45, 7) is 4.95. The summed E-state index contributed by atoms with van der Waals surface area (Å²) in [6.07, 6.45) is 0.447. The van der Waals surface area contributed by atoms with Gasteiger partial charge in [0.25, 0.3) is 0 Å². The Morgan fingerprint density at radius 1 is 1.67 bits per heavy atom. The maximum atomic E-state index is 11.5. The molecule has 0 radical (unpaired) electrons. The van der Waals surface area contributed by atoms with Gasteiger partial charge in [-0.1, -0.05) is 18.3 Å². The van der Waals surface area contributed by atoms with Crippen LogP contribution in [0, 0.1) is 0 Å². The maximum absolute atomic E-state index is 11.5. The van der Waals surface area contributed by atoms with Crippen LogP contribution in [-0.4, -0.2) is 42.4 Å². The van der Waals surface area contributed by atoms with Crippen molar-refractivity contribution in [1.82, 2.24) is 4.98 Å². The van der Waals surface area contributed by atoms with Gasteiger partial charge in [0.05, 0.1) is 13.2 Å². The van der Waals surface area contributed by atoms with Gasteiger partial charge in [0.2, 0.25) is 0 Å². The summed E-state index contributed by atoms with van der Waals surface area (Å²) in [5.41, 5.74) is 5.69. The summed E-state index contributed by atoms with van der Waals surface area (Å²) in [7, 11) is 1.31. The van der Waals surface area contributed by atoms with Gasteiger partial charge >= 0.3 is 5.97 Å². The molecule has 1 heterocycles. The molecule has 0 saturated heterocycles. The van der Waals surface area contributed by atoms with Crippen molar-refractivity contribution in [3.63, 3.8) is 0 Å². The Hall–Kier alpha value is -1.34. The molecule has 0 aromatic carbocycles. The van der Waals surface area contributed by atoms with Crippen molar-refractivity contribution < 1.29 is 14.6 Å². The third-order valence-electron chi connectivity index (χ3n) is 2.26. The SMILES string of the molecule is CCCN(CC(C)O)c1nc(N)c(C(=O)OC)s1. The Morgan fingerprint density at radius 2 is 2.33 bits per heavy atom. The third kappa shape index (κ3) is 3.58. The second-order valence-electron chi connectivity index (χ2n) is 4.00. The molecule has 0 fully saturated rings. The maximum Gasteiger partial charge on any atom is 0.351 e. The zero-order chi connectivity index (χ0) is 13.7. The van der Waals surface area contributed by atoms with Crippen molar-refractivity contribution >= 4 is 28.3 Å². The van der Waals surface area contributed by atoms with Crippen LogP contribution >= 0.6 is 11.3 Å². The fourth-order valence-corrected chi connectivity index (χ4v) is 2.49. The van der Waals surface area contributed by atoms with Gasteiger partial charge in [-0.2, -0.15) is 0 Å². The van der Waals surface area contributed by atoms with E-state index >= 15 is 0 Å². The number of hydrogen-bond donors (Lipinski definition) is 2. The smallest absolute Gasteiger partial charge is 0.351 e. The lowest BCUT2D eigenvalue weighted by molar-refractivity contribution is 0.0607. The number of anilines is 2. The highest BCUT2D eigenvalue weighted by Crippen LogP contribution is 2.28. The van der Waals surface area contributed by atoms with Crippen molar-refractivity contribution in [3.8, 4) is 0 Å².